The summed E-state index contributed by atoms with van der Waals surface area (Å²) in [4.78, 5) is 23.1. The zero-order valence-electron chi connectivity index (χ0n) is 11.2. The van der Waals surface area contributed by atoms with E-state index in [9.17, 15) is 9.59 Å². The van der Waals surface area contributed by atoms with Crippen molar-refractivity contribution in [1.29, 1.82) is 0 Å². The van der Waals surface area contributed by atoms with Gasteiger partial charge >= 0.3 is 0 Å². The van der Waals surface area contributed by atoms with Gasteiger partial charge < -0.3 is 20.1 Å². The smallest absolute Gasteiger partial charge is 0.229 e. The maximum atomic E-state index is 11.5. The molecule has 2 aliphatic rings. The van der Waals surface area contributed by atoms with E-state index in [1.165, 1.54) is 0 Å². The molecule has 2 saturated heterocycles. The topological polar surface area (TPSA) is 76.7 Å². The first-order chi connectivity index (χ1) is 9.24. The molecule has 2 N–H and O–H groups in total. The molecule has 0 aromatic rings. The minimum Gasteiger partial charge on any atom is -0.376 e. The first-order valence-corrected chi connectivity index (χ1v) is 7.00. The van der Waals surface area contributed by atoms with Gasteiger partial charge in [0.15, 0.2) is 0 Å². The van der Waals surface area contributed by atoms with E-state index >= 15 is 0 Å². The molecule has 6 heteroatoms. The first-order valence-electron chi connectivity index (χ1n) is 7.00. The molecule has 0 unspecified atom stereocenters. The SMILES string of the molecule is O=C(CC(=O)NC[C@@H]1CCCO1)NC[C@H]1CCCO1. The Bertz CT molecular complexity index is 280. The van der Waals surface area contributed by atoms with Gasteiger partial charge in [0.2, 0.25) is 11.8 Å². The Labute approximate surface area is 113 Å². The fraction of sp³-hybridized carbons (Fsp3) is 0.846. The van der Waals surface area contributed by atoms with Crippen molar-refractivity contribution in [2.75, 3.05) is 26.3 Å². The summed E-state index contributed by atoms with van der Waals surface area (Å²) in [5.41, 5.74) is 0. The van der Waals surface area contributed by atoms with Crippen LogP contribution >= 0.6 is 0 Å². The summed E-state index contributed by atoms with van der Waals surface area (Å²) < 4.78 is 10.8. The number of hydrogen-bond donors (Lipinski definition) is 2. The van der Waals surface area contributed by atoms with Crippen molar-refractivity contribution in [2.24, 2.45) is 0 Å². The van der Waals surface area contributed by atoms with Crippen LogP contribution < -0.4 is 10.6 Å². The fourth-order valence-corrected chi connectivity index (χ4v) is 2.34. The Balaban J connectivity index is 1.54. The highest BCUT2D eigenvalue weighted by Gasteiger charge is 2.19. The van der Waals surface area contributed by atoms with E-state index in [0.29, 0.717) is 13.1 Å². The van der Waals surface area contributed by atoms with Crippen molar-refractivity contribution in [1.82, 2.24) is 10.6 Å². The van der Waals surface area contributed by atoms with Crippen LogP contribution in [-0.4, -0.2) is 50.3 Å². The molecule has 2 aliphatic heterocycles. The quantitative estimate of drug-likeness (QED) is 0.664. The minimum absolute atomic E-state index is 0.110. The third-order valence-corrected chi connectivity index (χ3v) is 3.42. The molecular formula is C13H22N2O4. The Kier molecular flexibility index (Phi) is 5.60. The summed E-state index contributed by atoms with van der Waals surface area (Å²) in [7, 11) is 0. The second-order valence-corrected chi connectivity index (χ2v) is 5.05. The van der Waals surface area contributed by atoms with Crippen molar-refractivity contribution in [2.45, 2.75) is 44.3 Å². The third kappa shape index (κ3) is 5.16. The Morgan fingerprint density at radius 1 is 0.895 bits per heavy atom. The van der Waals surface area contributed by atoms with Gasteiger partial charge in [-0.25, -0.2) is 0 Å². The van der Waals surface area contributed by atoms with Gasteiger partial charge in [0.25, 0.3) is 0 Å². The van der Waals surface area contributed by atoms with Crippen molar-refractivity contribution in [3.63, 3.8) is 0 Å². The highest BCUT2D eigenvalue weighted by Crippen LogP contribution is 2.11. The lowest BCUT2D eigenvalue weighted by molar-refractivity contribution is -0.129. The van der Waals surface area contributed by atoms with Crippen LogP contribution in [0.2, 0.25) is 0 Å². The molecule has 0 saturated carbocycles. The van der Waals surface area contributed by atoms with Gasteiger partial charge in [0, 0.05) is 26.3 Å². The molecule has 0 aliphatic carbocycles. The molecule has 6 nitrogen and oxygen atoms in total. The number of amides is 2. The molecule has 2 fully saturated rings. The van der Waals surface area contributed by atoms with Crippen molar-refractivity contribution >= 4 is 11.8 Å². The third-order valence-electron chi connectivity index (χ3n) is 3.42. The number of nitrogens with one attached hydrogen (secondary N) is 2. The molecule has 0 bridgehead atoms. The standard InChI is InChI=1S/C13H22N2O4/c16-12(14-8-10-3-1-5-18-10)7-13(17)15-9-11-4-2-6-19-11/h10-11H,1-9H2,(H,14,16)(H,15,17)/t10-,11+. The van der Waals surface area contributed by atoms with E-state index in [0.717, 1.165) is 38.9 Å². The second-order valence-electron chi connectivity index (χ2n) is 5.05. The molecular weight excluding hydrogens is 248 g/mol. The lowest BCUT2D eigenvalue weighted by atomic mass is 10.2. The second kappa shape index (κ2) is 7.45. The highest BCUT2D eigenvalue weighted by atomic mass is 16.5. The van der Waals surface area contributed by atoms with Crippen LogP contribution in [0.1, 0.15) is 32.1 Å². The normalized spacial score (nSPS) is 26.3. The largest absolute Gasteiger partial charge is 0.376 e. The van der Waals surface area contributed by atoms with Crippen LogP contribution in [0, 0.1) is 0 Å². The van der Waals surface area contributed by atoms with Gasteiger partial charge in [-0.15, -0.1) is 0 Å². The van der Waals surface area contributed by atoms with Crippen LogP contribution in [0.15, 0.2) is 0 Å². The number of carbonyl (C=O) groups excluding carboxylic acids is 2. The summed E-state index contributed by atoms with van der Waals surface area (Å²) in [5, 5.41) is 5.45. The van der Waals surface area contributed by atoms with Gasteiger partial charge in [-0.2, -0.15) is 0 Å². The molecule has 2 heterocycles. The molecule has 2 rings (SSSR count). The number of rotatable bonds is 6. The fourth-order valence-electron chi connectivity index (χ4n) is 2.34. The molecule has 0 aromatic carbocycles. The maximum absolute atomic E-state index is 11.5. The molecule has 0 radical (unpaired) electrons. The summed E-state index contributed by atoms with van der Waals surface area (Å²) in [6.45, 7) is 2.53. The number of hydrogen-bond acceptors (Lipinski definition) is 4. The van der Waals surface area contributed by atoms with Crippen LogP contribution in [0.3, 0.4) is 0 Å². The molecule has 0 aromatic heterocycles. The molecule has 19 heavy (non-hydrogen) atoms. The highest BCUT2D eigenvalue weighted by molar-refractivity contribution is 5.96. The zero-order chi connectivity index (χ0) is 13.5. The molecule has 2 atom stereocenters. The number of ether oxygens (including phenoxy) is 2. The average molecular weight is 270 g/mol. The summed E-state index contributed by atoms with van der Waals surface area (Å²) in [6.07, 6.45) is 4.14. The minimum atomic E-state index is -0.250. The first kappa shape index (κ1) is 14.3. The van der Waals surface area contributed by atoms with Gasteiger partial charge in [-0.1, -0.05) is 0 Å². The predicted octanol–water partition coefficient (Wildman–Crippen LogP) is -0.0331. The van der Waals surface area contributed by atoms with Gasteiger partial charge in [0.05, 0.1) is 12.2 Å². The average Bonchev–Trinajstić information content (AvgIpc) is 3.07. The monoisotopic (exact) mass is 270 g/mol. The molecule has 0 spiro atoms. The van der Waals surface area contributed by atoms with Crippen molar-refractivity contribution < 1.29 is 19.1 Å². The van der Waals surface area contributed by atoms with E-state index in [4.69, 9.17) is 9.47 Å². The Hall–Kier alpha value is -1.14. The van der Waals surface area contributed by atoms with Crippen LogP contribution in [0.5, 0.6) is 0 Å². The predicted molar refractivity (Wildman–Crippen MR) is 68.6 cm³/mol. The Morgan fingerprint density at radius 2 is 1.37 bits per heavy atom. The van der Waals surface area contributed by atoms with Gasteiger partial charge in [-0.05, 0) is 25.7 Å². The van der Waals surface area contributed by atoms with Gasteiger partial charge in [0.1, 0.15) is 6.42 Å². The lowest BCUT2D eigenvalue weighted by Gasteiger charge is -2.12. The summed E-state index contributed by atoms with van der Waals surface area (Å²) in [5.74, 6) is -0.499. The van der Waals surface area contributed by atoms with Crippen molar-refractivity contribution in [3.05, 3.63) is 0 Å². The molecule has 2 amide bonds. The van der Waals surface area contributed by atoms with Crippen LogP contribution in [0.25, 0.3) is 0 Å². The van der Waals surface area contributed by atoms with E-state index < -0.39 is 0 Å². The summed E-state index contributed by atoms with van der Waals surface area (Å²) >= 11 is 0. The number of carbonyl (C=O) groups is 2. The van der Waals surface area contributed by atoms with Crippen LogP contribution in [-0.2, 0) is 19.1 Å². The van der Waals surface area contributed by atoms with E-state index in [2.05, 4.69) is 10.6 Å². The molecule has 108 valence electrons. The van der Waals surface area contributed by atoms with Crippen molar-refractivity contribution in [3.8, 4) is 0 Å². The lowest BCUT2D eigenvalue weighted by Crippen LogP contribution is -2.37. The Morgan fingerprint density at radius 3 is 1.74 bits per heavy atom. The van der Waals surface area contributed by atoms with E-state index in [1.54, 1.807) is 0 Å². The zero-order valence-corrected chi connectivity index (χ0v) is 11.2. The van der Waals surface area contributed by atoms with E-state index in [1.807, 2.05) is 0 Å². The van der Waals surface area contributed by atoms with E-state index in [-0.39, 0.29) is 30.4 Å². The van der Waals surface area contributed by atoms with Gasteiger partial charge in [-0.3, -0.25) is 9.59 Å². The maximum Gasteiger partial charge on any atom is 0.229 e. The summed E-state index contributed by atoms with van der Waals surface area (Å²) in [6, 6.07) is 0. The van der Waals surface area contributed by atoms with Crippen LogP contribution in [0.4, 0.5) is 0 Å².